The lowest BCUT2D eigenvalue weighted by Crippen LogP contribution is -2.33. The van der Waals surface area contributed by atoms with Crippen LogP contribution in [0.5, 0.6) is 0 Å². The Bertz CT molecular complexity index is 501. The van der Waals surface area contributed by atoms with Gasteiger partial charge >= 0.3 is 0 Å². The van der Waals surface area contributed by atoms with Gasteiger partial charge in [-0.05, 0) is 17.5 Å². The summed E-state index contributed by atoms with van der Waals surface area (Å²) in [4.78, 5) is 0. The van der Waals surface area contributed by atoms with Gasteiger partial charge in [-0.2, -0.15) is 0 Å². The van der Waals surface area contributed by atoms with Crippen molar-refractivity contribution in [2.75, 3.05) is 20.3 Å². The summed E-state index contributed by atoms with van der Waals surface area (Å²) in [6, 6.07) is 20.3. The Balaban J connectivity index is 1.87. The summed E-state index contributed by atoms with van der Waals surface area (Å²) in [5, 5.41) is 13.5. The fourth-order valence-electron chi connectivity index (χ4n) is 2.36. The van der Waals surface area contributed by atoms with Crippen molar-refractivity contribution in [2.45, 2.75) is 18.6 Å². The lowest BCUT2D eigenvalue weighted by Gasteiger charge is -2.20. The van der Waals surface area contributed by atoms with Gasteiger partial charge in [0.15, 0.2) is 0 Å². The van der Waals surface area contributed by atoms with Crippen LogP contribution in [0.1, 0.15) is 17.2 Å². The minimum Gasteiger partial charge on any atom is -0.391 e. The van der Waals surface area contributed by atoms with Gasteiger partial charge in [-0.25, -0.2) is 0 Å². The first kappa shape index (κ1) is 15.7. The molecule has 3 nitrogen and oxygen atoms in total. The molecule has 0 saturated heterocycles. The number of rotatable bonds is 8. The molecule has 2 N–H and O–H groups in total. The highest BCUT2D eigenvalue weighted by atomic mass is 16.5. The average molecular weight is 285 g/mol. The smallest absolute Gasteiger partial charge is 0.0705 e. The molecule has 0 spiro atoms. The standard InChI is InChI=1S/C18H23NO2/c1-21-14-18(16-10-6-3-7-11-16)19-13-17(20)12-15-8-4-2-5-9-15/h2-11,17-20H,12-14H2,1H3. The number of ether oxygens (including phenoxy) is 1. The zero-order valence-corrected chi connectivity index (χ0v) is 12.4. The Morgan fingerprint density at radius 2 is 1.62 bits per heavy atom. The molecule has 0 saturated carbocycles. The number of methoxy groups -OCH3 is 1. The van der Waals surface area contributed by atoms with Crippen molar-refractivity contribution in [3.63, 3.8) is 0 Å². The maximum atomic E-state index is 10.2. The fourth-order valence-corrected chi connectivity index (χ4v) is 2.36. The van der Waals surface area contributed by atoms with E-state index in [0.29, 0.717) is 19.6 Å². The summed E-state index contributed by atoms with van der Waals surface area (Å²) in [6.07, 6.45) is 0.248. The monoisotopic (exact) mass is 285 g/mol. The molecule has 0 fully saturated rings. The fraction of sp³-hybridized carbons (Fsp3) is 0.333. The van der Waals surface area contributed by atoms with E-state index in [0.717, 1.165) is 5.56 Å². The van der Waals surface area contributed by atoms with Gasteiger partial charge in [-0.3, -0.25) is 0 Å². The Labute approximate surface area is 126 Å². The van der Waals surface area contributed by atoms with E-state index in [1.54, 1.807) is 7.11 Å². The number of aliphatic hydroxyl groups excluding tert-OH is 1. The van der Waals surface area contributed by atoms with Crippen molar-refractivity contribution in [3.05, 3.63) is 71.8 Å². The third-order valence-electron chi connectivity index (χ3n) is 3.45. The molecule has 112 valence electrons. The third-order valence-corrected chi connectivity index (χ3v) is 3.45. The molecule has 3 heteroatoms. The van der Waals surface area contributed by atoms with Gasteiger partial charge in [0, 0.05) is 13.7 Å². The molecular formula is C18H23NO2. The van der Waals surface area contributed by atoms with E-state index in [2.05, 4.69) is 17.4 Å². The normalized spacial score (nSPS) is 13.8. The Morgan fingerprint density at radius 1 is 1.00 bits per heavy atom. The molecule has 2 aromatic rings. The summed E-state index contributed by atoms with van der Waals surface area (Å²) in [5.74, 6) is 0. The van der Waals surface area contributed by atoms with E-state index < -0.39 is 6.10 Å². The van der Waals surface area contributed by atoms with E-state index in [-0.39, 0.29) is 6.04 Å². The maximum absolute atomic E-state index is 10.2. The topological polar surface area (TPSA) is 41.5 Å². The molecule has 2 atom stereocenters. The lowest BCUT2D eigenvalue weighted by molar-refractivity contribution is 0.138. The summed E-state index contributed by atoms with van der Waals surface area (Å²) in [5.41, 5.74) is 2.32. The van der Waals surface area contributed by atoms with Crippen LogP contribution < -0.4 is 5.32 Å². The maximum Gasteiger partial charge on any atom is 0.0705 e. The molecule has 0 bridgehead atoms. The summed E-state index contributed by atoms with van der Waals surface area (Å²) in [6.45, 7) is 1.12. The minimum absolute atomic E-state index is 0.0987. The van der Waals surface area contributed by atoms with E-state index in [4.69, 9.17) is 4.74 Å². The highest BCUT2D eigenvalue weighted by Crippen LogP contribution is 2.13. The van der Waals surface area contributed by atoms with Crippen LogP contribution in [0.25, 0.3) is 0 Å². The van der Waals surface area contributed by atoms with Gasteiger partial charge in [-0.15, -0.1) is 0 Å². The molecule has 0 amide bonds. The second-order valence-electron chi connectivity index (χ2n) is 5.17. The quantitative estimate of drug-likeness (QED) is 0.783. The molecule has 0 aliphatic carbocycles. The van der Waals surface area contributed by atoms with Gasteiger partial charge < -0.3 is 15.2 Å². The summed E-state index contributed by atoms with van der Waals surface area (Å²) in [7, 11) is 1.69. The van der Waals surface area contributed by atoms with Gasteiger partial charge in [-0.1, -0.05) is 60.7 Å². The zero-order valence-electron chi connectivity index (χ0n) is 12.4. The van der Waals surface area contributed by atoms with Gasteiger partial charge in [0.25, 0.3) is 0 Å². The number of nitrogens with one attached hydrogen (secondary N) is 1. The number of benzene rings is 2. The zero-order chi connectivity index (χ0) is 14.9. The first-order valence-corrected chi connectivity index (χ1v) is 7.29. The molecule has 2 aromatic carbocycles. The molecule has 2 rings (SSSR count). The first-order chi connectivity index (χ1) is 10.3. The minimum atomic E-state index is -0.407. The van der Waals surface area contributed by atoms with Crippen LogP contribution in [0.3, 0.4) is 0 Å². The van der Waals surface area contributed by atoms with Gasteiger partial charge in [0.1, 0.15) is 0 Å². The van der Waals surface area contributed by atoms with Crippen molar-refractivity contribution in [2.24, 2.45) is 0 Å². The average Bonchev–Trinajstić information content (AvgIpc) is 2.53. The Hall–Kier alpha value is -1.68. The molecule has 21 heavy (non-hydrogen) atoms. The van der Waals surface area contributed by atoms with Crippen molar-refractivity contribution in [1.29, 1.82) is 0 Å². The van der Waals surface area contributed by atoms with Crippen molar-refractivity contribution < 1.29 is 9.84 Å². The molecule has 0 heterocycles. The first-order valence-electron chi connectivity index (χ1n) is 7.29. The molecular weight excluding hydrogens is 262 g/mol. The van der Waals surface area contributed by atoms with E-state index in [1.807, 2.05) is 48.5 Å². The van der Waals surface area contributed by atoms with Crippen LogP contribution >= 0.6 is 0 Å². The summed E-state index contributed by atoms with van der Waals surface area (Å²) >= 11 is 0. The number of hydrogen-bond donors (Lipinski definition) is 2. The van der Waals surface area contributed by atoms with Crippen LogP contribution in [0.15, 0.2) is 60.7 Å². The summed E-state index contributed by atoms with van der Waals surface area (Å²) < 4.78 is 5.26. The Kier molecular flexibility index (Phi) is 6.41. The molecule has 0 radical (unpaired) electrons. The van der Waals surface area contributed by atoms with E-state index in [1.165, 1.54) is 5.56 Å². The SMILES string of the molecule is COCC(NCC(O)Cc1ccccc1)c1ccccc1. The van der Waals surface area contributed by atoms with Crippen LogP contribution in [0, 0.1) is 0 Å². The largest absolute Gasteiger partial charge is 0.391 e. The molecule has 0 aromatic heterocycles. The third kappa shape index (κ3) is 5.31. The van der Waals surface area contributed by atoms with Gasteiger partial charge in [0.05, 0.1) is 18.8 Å². The predicted molar refractivity (Wildman–Crippen MR) is 85.2 cm³/mol. The highest BCUT2D eigenvalue weighted by molar-refractivity contribution is 5.19. The second kappa shape index (κ2) is 8.57. The molecule has 0 aliphatic heterocycles. The second-order valence-corrected chi connectivity index (χ2v) is 5.17. The number of hydrogen-bond acceptors (Lipinski definition) is 3. The van der Waals surface area contributed by atoms with Gasteiger partial charge in [0.2, 0.25) is 0 Å². The van der Waals surface area contributed by atoms with Crippen LogP contribution in [0.4, 0.5) is 0 Å². The van der Waals surface area contributed by atoms with Crippen LogP contribution in [-0.2, 0) is 11.2 Å². The molecule has 2 unspecified atom stereocenters. The van der Waals surface area contributed by atoms with E-state index >= 15 is 0 Å². The highest BCUT2D eigenvalue weighted by Gasteiger charge is 2.13. The van der Waals surface area contributed by atoms with Crippen molar-refractivity contribution >= 4 is 0 Å². The van der Waals surface area contributed by atoms with Crippen molar-refractivity contribution in [3.8, 4) is 0 Å². The lowest BCUT2D eigenvalue weighted by atomic mass is 10.1. The molecule has 0 aliphatic rings. The number of aliphatic hydroxyl groups is 1. The Morgan fingerprint density at radius 3 is 2.24 bits per heavy atom. The van der Waals surface area contributed by atoms with Crippen LogP contribution in [0.2, 0.25) is 0 Å². The van der Waals surface area contributed by atoms with E-state index in [9.17, 15) is 5.11 Å². The predicted octanol–water partition coefficient (Wildman–Crippen LogP) is 2.57. The van der Waals surface area contributed by atoms with Crippen LogP contribution in [-0.4, -0.2) is 31.5 Å². The van der Waals surface area contributed by atoms with Crippen molar-refractivity contribution in [1.82, 2.24) is 5.32 Å².